The molecule has 5 N–H and O–H groups in total. The number of carbonyl (C=O) groups is 1. The maximum Gasteiger partial charge on any atom is 0.319 e. The van der Waals surface area contributed by atoms with E-state index in [9.17, 15) is 9.90 Å². The van der Waals surface area contributed by atoms with Gasteiger partial charge in [-0.1, -0.05) is 0 Å². The van der Waals surface area contributed by atoms with Crippen molar-refractivity contribution in [1.82, 2.24) is 10.6 Å². The Kier molecular flexibility index (Phi) is 1.50. The third-order valence-electron chi connectivity index (χ3n) is 2.16. The van der Waals surface area contributed by atoms with Crippen molar-refractivity contribution in [2.75, 3.05) is 6.54 Å². The van der Waals surface area contributed by atoms with E-state index in [1.54, 1.807) is 0 Å². The Labute approximate surface area is 69.1 Å². The van der Waals surface area contributed by atoms with Crippen molar-refractivity contribution in [1.29, 1.82) is 0 Å². The molecule has 3 unspecified atom stereocenters. The number of nitrogens with one attached hydrogen (secondary N) is 2. The van der Waals surface area contributed by atoms with Crippen LogP contribution in [-0.4, -0.2) is 35.7 Å². The maximum absolute atomic E-state index is 10.8. The summed E-state index contributed by atoms with van der Waals surface area (Å²) in [7, 11) is 0. The molecule has 6 heteroatoms. The third kappa shape index (κ3) is 0.961. The monoisotopic (exact) mass is 173 g/mol. The fraction of sp³-hybridized carbons (Fsp3) is 0.833. The van der Waals surface area contributed by atoms with Crippen LogP contribution in [0.2, 0.25) is 0 Å². The van der Waals surface area contributed by atoms with Crippen LogP contribution in [-0.2, 0) is 4.74 Å². The van der Waals surface area contributed by atoms with E-state index in [0.717, 1.165) is 0 Å². The summed E-state index contributed by atoms with van der Waals surface area (Å²) in [5.74, 6) is 0. The normalized spacial score (nSPS) is 45.3. The van der Waals surface area contributed by atoms with Gasteiger partial charge >= 0.3 is 6.03 Å². The van der Waals surface area contributed by atoms with Crippen LogP contribution in [0.15, 0.2) is 0 Å². The lowest BCUT2D eigenvalue weighted by Gasteiger charge is -2.17. The number of nitrogens with two attached hydrogens (primary N) is 1. The highest BCUT2D eigenvalue weighted by molar-refractivity contribution is 5.77. The highest BCUT2D eigenvalue weighted by Gasteiger charge is 2.53. The minimum absolute atomic E-state index is 0.187. The first-order chi connectivity index (χ1) is 5.64. The van der Waals surface area contributed by atoms with E-state index in [1.165, 1.54) is 0 Å². The summed E-state index contributed by atoms with van der Waals surface area (Å²) >= 11 is 0. The lowest BCUT2D eigenvalue weighted by atomic mass is 10.1. The summed E-state index contributed by atoms with van der Waals surface area (Å²) in [5, 5.41) is 14.6. The summed E-state index contributed by atoms with van der Waals surface area (Å²) in [6.07, 6.45) is -0.501. The molecule has 0 radical (unpaired) electrons. The first-order valence-corrected chi connectivity index (χ1v) is 3.80. The zero-order valence-corrected chi connectivity index (χ0v) is 6.41. The average Bonchev–Trinajstić information content (AvgIpc) is 2.38. The molecule has 2 amide bonds. The topological polar surface area (TPSA) is 96.6 Å². The molecular formula is C6H11N3O3. The van der Waals surface area contributed by atoms with Crippen LogP contribution in [0.1, 0.15) is 6.42 Å². The van der Waals surface area contributed by atoms with Gasteiger partial charge in [-0.25, -0.2) is 4.79 Å². The predicted octanol–water partition coefficient (Wildman–Crippen LogP) is -1.94. The second-order valence-electron chi connectivity index (χ2n) is 3.10. The Bertz CT molecular complexity index is 222. The van der Waals surface area contributed by atoms with Crippen LogP contribution in [0.25, 0.3) is 0 Å². The van der Waals surface area contributed by atoms with E-state index in [2.05, 4.69) is 10.6 Å². The third-order valence-corrected chi connectivity index (χ3v) is 2.16. The van der Waals surface area contributed by atoms with Gasteiger partial charge in [-0.2, -0.15) is 0 Å². The summed E-state index contributed by atoms with van der Waals surface area (Å²) in [5.41, 5.74) is 4.09. The van der Waals surface area contributed by atoms with Crippen molar-refractivity contribution in [3.63, 3.8) is 0 Å². The first kappa shape index (κ1) is 7.78. The number of urea groups is 1. The molecule has 2 fully saturated rings. The Hall–Kier alpha value is -0.850. The van der Waals surface area contributed by atoms with E-state index in [1.807, 2.05) is 0 Å². The molecule has 0 spiro atoms. The van der Waals surface area contributed by atoms with Crippen LogP contribution in [0.3, 0.4) is 0 Å². The Morgan fingerprint density at radius 1 is 1.83 bits per heavy atom. The second kappa shape index (κ2) is 2.32. The molecule has 12 heavy (non-hydrogen) atoms. The number of ether oxygens (including phenoxy) is 1. The zero-order valence-electron chi connectivity index (χ0n) is 6.41. The summed E-state index contributed by atoms with van der Waals surface area (Å²) in [6.45, 7) is 0.344. The van der Waals surface area contributed by atoms with E-state index >= 15 is 0 Å². The van der Waals surface area contributed by atoms with Crippen LogP contribution in [0.4, 0.5) is 4.79 Å². The summed E-state index contributed by atoms with van der Waals surface area (Å²) in [6, 6.07) is -0.405. The minimum Gasteiger partial charge on any atom is -0.367 e. The van der Waals surface area contributed by atoms with Gasteiger partial charge in [0.15, 0.2) is 12.0 Å². The van der Waals surface area contributed by atoms with Crippen LogP contribution < -0.4 is 16.4 Å². The average molecular weight is 173 g/mol. The highest BCUT2D eigenvalue weighted by Crippen LogP contribution is 2.29. The lowest BCUT2D eigenvalue weighted by molar-refractivity contribution is -0.0452. The van der Waals surface area contributed by atoms with Crippen LogP contribution in [0, 0.1) is 0 Å². The Morgan fingerprint density at radius 2 is 2.58 bits per heavy atom. The molecule has 3 atom stereocenters. The van der Waals surface area contributed by atoms with E-state index in [0.29, 0.717) is 13.0 Å². The molecule has 6 nitrogen and oxygen atoms in total. The van der Waals surface area contributed by atoms with Gasteiger partial charge in [0.2, 0.25) is 0 Å². The van der Waals surface area contributed by atoms with Crippen molar-refractivity contribution >= 4 is 6.03 Å². The van der Waals surface area contributed by atoms with E-state index in [-0.39, 0.29) is 6.10 Å². The van der Waals surface area contributed by atoms with Gasteiger partial charge in [0.25, 0.3) is 0 Å². The number of rotatable bonds is 1. The van der Waals surface area contributed by atoms with Gasteiger partial charge in [-0.05, 0) is 0 Å². The van der Waals surface area contributed by atoms with Crippen molar-refractivity contribution in [2.24, 2.45) is 5.73 Å². The smallest absolute Gasteiger partial charge is 0.319 e. The number of carbonyl (C=O) groups excluding carboxylic acids is 1. The number of hydrogen-bond donors (Lipinski definition) is 4. The number of hydrogen-bond acceptors (Lipinski definition) is 4. The van der Waals surface area contributed by atoms with Gasteiger partial charge in [-0.3, -0.25) is 0 Å². The fourth-order valence-electron chi connectivity index (χ4n) is 1.57. The number of amides is 2. The molecule has 0 bridgehead atoms. The molecule has 0 aromatic heterocycles. The van der Waals surface area contributed by atoms with Gasteiger partial charge in [0.05, 0.1) is 6.10 Å². The Morgan fingerprint density at radius 3 is 3.17 bits per heavy atom. The molecule has 68 valence electrons. The van der Waals surface area contributed by atoms with E-state index < -0.39 is 18.0 Å². The Balaban J connectivity index is 2.11. The molecule has 0 aromatic carbocycles. The van der Waals surface area contributed by atoms with Crippen molar-refractivity contribution in [3.8, 4) is 0 Å². The van der Waals surface area contributed by atoms with Gasteiger partial charge in [0, 0.05) is 13.0 Å². The molecule has 0 saturated carbocycles. The molecule has 2 aliphatic rings. The fourth-order valence-corrected chi connectivity index (χ4v) is 1.57. The molecule has 0 aliphatic carbocycles. The summed E-state index contributed by atoms with van der Waals surface area (Å²) < 4.78 is 5.24. The molecule has 2 aliphatic heterocycles. The largest absolute Gasteiger partial charge is 0.367 e. The minimum atomic E-state index is -1.26. The maximum atomic E-state index is 10.8. The molecular weight excluding hydrogens is 162 g/mol. The quantitative estimate of drug-likeness (QED) is 0.371. The highest BCUT2D eigenvalue weighted by atomic mass is 16.5. The first-order valence-electron chi connectivity index (χ1n) is 3.80. The van der Waals surface area contributed by atoms with Crippen molar-refractivity contribution in [2.45, 2.75) is 24.5 Å². The second-order valence-corrected chi connectivity index (χ2v) is 3.10. The van der Waals surface area contributed by atoms with Gasteiger partial charge < -0.3 is 26.2 Å². The lowest BCUT2D eigenvalue weighted by Crippen LogP contribution is -2.45. The van der Waals surface area contributed by atoms with Crippen molar-refractivity contribution in [3.05, 3.63) is 0 Å². The van der Waals surface area contributed by atoms with Gasteiger partial charge in [-0.15, -0.1) is 0 Å². The molecule has 0 aromatic rings. The van der Waals surface area contributed by atoms with Crippen molar-refractivity contribution < 1.29 is 14.6 Å². The molecule has 2 heterocycles. The van der Waals surface area contributed by atoms with Crippen LogP contribution >= 0.6 is 0 Å². The number of aliphatic hydroxyl groups is 1. The standard InChI is InChI=1S/C6H11N3O3/c7-2-3-1-6(11)4(12-3)8-5(10)9-6/h3-4,11H,1-2,7H2,(H2,8,9,10). The van der Waals surface area contributed by atoms with Crippen LogP contribution in [0.5, 0.6) is 0 Å². The van der Waals surface area contributed by atoms with E-state index in [4.69, 9.17) is 10.5 Å². The summed E-state index contributed by atoms with van der Waals surface area (Å²) in [4.78, 5) is 10.8. The zero-order chi connectivity index (χ0) is 8.77. The SMILES string of the molecule is NCC1CC2(O)NC(=O)NC2O1. The van der Waals surface area contributed by atoms with Gasteiger partial charge in [0.1, 0.15) is 0 Å². The predicted molar refractivity (Wildman–Crippen MR) is 38.9 cm³/mol. The molecule has 2 rings (SSSR count). The molecule has 2 saturated heterocycles. The number of fused-ring (bicyclic) bond motifs is 1.